The van der Waals surface area contributed by atoms with Crippen LogP contribution >= 0.6 is 0 Å². The van der Waals surface area contributed by atoms with Crippen LogP contribution in [0.3, 0.4) is 0 Å². The van der Waals surface area contributed by atoms with E-state index in [-0.39, 0.29) is 10.8 Å². The zero-order valence-electron chi connectivity index (χ0n) is 32.1. The summed E-state index contributed by atoms with van der Waals surface area (Å²) in [6.45, 7) is 9.65. The van der Waals surface area contributed by atoms with Gasteiger partial charge in [0.1, 0.15) is 0 Å². The zero-order chi connectivity index (χ0) is 37.5. The molecule has 8 aromatic carbocycles. The van der Waals surface area contributed by atoms with Gasteiger partial charge < -0.3 is 9.13 Å². The Morgan fingerprint density at radius 1 is 0.339 bits per heavy atom. The van der Waals surface area contributed by atoms with Gasteiger partial charge in [0.15, 0.2) is 0 Å². The highest BCUT2D eigenvalue weighted by Crippen LogP contribution is 2.59. The van der Waals surface area contributed by atoms with Crippen LogP contribution in [-0.2, 0) is 10.8 Å². The van der Waals surface area contributed by atoms with E-state index in [0.29, 0.717) is 0 Å². The van der Waals surface area contributed by atoms with E-state index in [1.165, 1.54) is 99.2 Å². The minimum absolute atomic E-state index is 0.0343. The smallest absolute Gasteiger partial charge is 0.0541 e. The first-order valence-electron chi connectivity index (χ1n) is 19.9. The molecule has 0 saturated heterocycles. The second-order valence-corrected chi connectivity index (χ2v) is 16.9. The average Bonchev–Trinajstić information content (AvgIpc) is 3.89. The van der Waals surface area contributed by atoms with Crippen molar-refractivity contribution in [2.24, 2.45) is 0 Å². The number of hydrogen-bond donors (Lipinski definition) is 0. The fourth-order valence-electron chi connectivity index (χ4n) is 10.7. The molecule has 2 heteroatoms. The van der Waals surface area contributed by atoms with Gasteiger partial charge in [-0.2, -0.15) is 0 Å². The monoisotopic (exact) mass is 716 g/mol. The summed E-state index contributed by atoms with van der Waals surface area (Å²) >= 11 is 0. The quantitative estimate of drug-likeness (QED) is 0.172. The predicted molar refractivity (Wildman–Crippen MR) is 236 cm³/mol. The Kier molecular flexibility index (Phi) is 6.22. The fraction of sp³-hybridized carbons (Fsp3) is 0.111. The summed E-state index contributed by atoms with van der Waals surface area (Å²) in [6, 6.07) is 63.6. The summed E-state index contributed by atoms with van der Waals surface area (Å²) in [5.74, 6) is 0. The average molecular weight is 717 g/mol. The Labute approximate surface area is 326 Å². The molecular formula is C54H40N2. The van der Waals surface area contributed by atoms with E-state index in [9.17, 15) is 0 Å². The molecule has 2 heterocycles. The van der Waals surface area contributed by atoms with Gasteiger partial charge in [-0.25, -0.2) is 0 Å². The fourth-order valence-corrected chi connectivity index (χ4v) is 10.7. The van der Waals surface area contributed by atoms with Gasteiger partial charge in [0.05, 0.1) is 22.1 Å². The van der Waals surface area contributed by atoms with Crippen LogP contribution in [0.4, 0.5) is 0 Å². The van der Waals surface area contributed by atoms with Gasteiger partial charge >= 0.3 is 0 Å². The first kappa shape index (κ1) is 31.7. The lowest BCUT2D eigenvalue weighted by Gasteiger charge is -2.26. The molecule has 0 fully saturated rings. The molecule has 0 bridgehead atoms. The van der Waals surface area contributed by atoms with Crippen LogP contribution in [0.2, 0.25) is 0 Å². The molecule has 0 saturated carbocycles. The summed E-state index contributed by atoms with van der Waals surface area (Å²) in [7, 11) is 0. The SMILES string of the molecule is CC1(C)c2ccccc2-c2c1ccc1c2C(C)(C)c2cc(-c3cc(-n4c5ccccc5c5ccccc54)cc(-n4c5ccccc5c5ccccc54)c3)ccc2-1. The summed E-state index contributed by atoms with van der Waals surface area (Å²) in [4.78, 5) is 0. The van der Waals surface area contributed by atoms with Gasteiger partial charge in [-0.3, -0.25) is 0 Å². The molecule has 0 N–H and O–H groups in total. The highest BCUT2D eigenvalue weighted by Gasteiger charge is 2.44. The van der Waals surface area contributed by atoms with Gasteiger partial charge in [-0.05, 0) is 104 Å². The standard InChI is InChI=1S/C54H40N2/c1-53(2)44-20-10-5-19-43(44)51-45(53)28-27-42-37-26-25-33(31-46(37)54(3,4)52(42)51)34-29-35(55-47-21-11-6-15-38(47)39-16-7-12-22-48(39)55)32-36(30-34)56-49-23-13-8-17-40(49)41-18-9-14-24-50(41)56/h5-32H,1-4H3. The molecule has 0 aliphatic heterocycles. The van der Waals surface area contributed by atoms with E-state index in [2.05, 4.69) is 207 Å². The van der Waals surface area contributed by atoms with Crippen molar-refractivity contribution in [3.05, 3.63) is 192 Å². The minimum atomic E-state index is -0.181. The third kappa shape index (κ3) is 4.06. The Morgan fingerprint density at radius 3 is 1.38 bits per heavy atom. The number of fused-ring (bicyclic) bond motifs is 13. The molecular weight excluding hydrogens is 677 g/mol. The van der Waals surface area contributed by atoms with Crippen LogP contribution in [-0.4, -0.2) is 9.13 Å². The van der Waals surface area contributed by atoms with E-state index in [0.717, 1.165) is 11.4 Å². The van der Waals surface area contributed by atoms with Gasteiger partial charge in [-0.15, -0.1) is 0 Å². The van der Waals surface area contributed by atoms with Gasteiger partial charge in [0, 0.05) is 43.7 Å². The second kappa shape index (κ2) is 11.0. The number of aromatic nitrogens is 2. The second-order valence-electron chi connectivity index (χ2n) is 16.9. The maximum atomic E-state index is 2.49. The summed E-state index contributed by atoms with van der Waals surface area (Å²) in [5.41, 5.74) is 20.6. The van der Waals surface area contributed by atoms with Crippen LogP contribution in [0.5, 0.6) is 0 Å². The first-order chi connectivity index (χ1) is 27.3. The molecule has 12 rings (SSSR count). The maximum absolute atomic E-state index is 2.49. The molecule has 56 heavy (non-hydrogen) atoms. The molecule has 0 atom stereocenters. The molecule has 2 aromatic heterocycles. The molecule has 0 unspecified atom stereocenters. The number of nitrogens with zero attached hydrogens (tertiary/aromatic N) is 2. The first-order valence-corrected chi connectivity index (χ1v) is 19.9. The van der Waals surface area contributed by atoms with Crippen molar-refractivity contribution in [1.82, 2.24) is 9.13 Å². The van der Waals surface area contributed by atoms with Crippen molar-refractivity contribution in [2.45, 2.75) is 38.5 Å². The highest BCUT2D eigenvalue weighted by atomic mass is 15.0. The molecule has 2 aliphatic carbocycles. The van der Waals surface area contributed by atoms with E-state index in [4.69, 9.17) is 0 Å². The van der Waals surface area contributed by atoms with Crippen molar-refractivity contribution < 1.29 is 0 Å². The summed E-state index contributed by atoms with van der Waals surface area (Å²) in [5, 5.41) is 5.06. The number of benzene rings is 8. The van der Waals surface area contributed by atoms with Gasteiger partial charge in [0.25, 0.3) is 0 Å². The van der Waals surface area contributed by atoms with Crippen molar-refractivity contribution in [3.8, 4) is 44.8 Å². The van der Waals surface area contributed by atoms with Crippen LogP contribution in [0.15, 0.2) is 170 Å². The topological polar surface area (TPSA) is 9.86 Å². The van der Waals surface area contributed by atoms with Crippen molar-refractivity contribution in [2.75, 3.05) is 0 Å². The zero-order valence-corrected chi connectivity index (χ0v) is 32.1. The molecule has 2 aliphatic rings. The third-order valence-electron chi connectivity index (χ3n) is 13.3. The largest absolute Gasteiger partial charge is 0.309 e. The van der Waals surface area contributed by atoms with E-state index >= 15 is 0 Å². The summed E-state index contributed by atoms with van der Waals surface area (Å²) in [6.07, 6.45) is 0. The number of para-hydroxylation sites is 4. The summed E-state index contributed by atoms with van der Waals surface area (Å²) < 4.78 is 4.92. The van der Waals surface area contributed by atoms with Crippen molar-refractivity contribution in [1.29, 1.82) is 0 Å². The minimum Gasteiger partial charge on any atom is -0.309 e. The lowest BCUT2D eigenvalue weighted by molar-refractivity contribution is 0.647. The number of hydrogen-bond acceptors (Lipinski definition) is 0. The van der Waals surface area contributed by atoms with Gasteiger partial charge in [-0.1, -0.05) is 149 Å². The molecule has 0 spiro atoms. The Bertz CT molecular complexity index is 3070. The van der Waals surface area contributed by atoms with Crippen LogP contribution < -0.4 is 0 Å². The Balaban J connectivity index is 1.12. The Hall–Kier alpha value is -6.64. The van der Waals surface area contributed by atoms with Crippen molar-refractivity contribution >= 4 is 43.6 Å². The molecule has 0 radical (unpaired) electrons. The van der Waals surface area contributed by atoms with Crippen LogP contribution in [0.25, 0.3) is 88.4 Å². The Morgan fingerprint density at radius 2 is 0.821 bits per heavy atom. The van der Waals surface area contributed by atoms with E-state index in [1.54, 1.807) is 0 Å². The van der Waals surface area contributed by atoms with Gasteiger partial charge in [0.2, 0.25) is 0 Å². The van der Waals surface area contributed by atoms with Crippen LogP contribution in [0.1, 0.15) is 49.9 Å². The number of rotatable bonds is 3. The maximum Gasteiger partial charge on any atom is 0.0541 e. The normalized spacial score (nSPS) is 14.7. The third-order valence-corrected chi connectivity index (χ3v) is 13.3. The van der Waals surface area contributed by atoms with Crippen molar-refractivity contribution in [3.63, 3.8) is 0 Å². The predicted octanol–water partition coefficient (Wildman–Crippen LogP) is 14.2. The molecule has 266 valence electrons. The van der Waals surface area contributed by atoms with Crippen LogP contribution in [0, 0.1) is 0 Å². The van der Waals surface area contributed by atoms with E-state index in [1.807, 2.05) is 0 Å². The molecule has 2 nitrogen and oxygen atoms in total. The lowest BCUT2D eigenvalue weighted by Crippen LogP contribution is -2.18. The molecule has 0 amide bonds. The lowest BCUT2D eigenvalue weighted by atomic mass is 9.77. The highest BCUT2D eigenvalue weighted by molar-refractivity contribution is 6.11. The molecule has 10 aromatic rings. The van der Waals surface area contributed by atoms with E-state index < -0.39 is 0 Å².